The normalized spacial score (nSPS) is 25.0. The topological polar surface area (TPSA) is 51.4 Å². The van der Waals surface area contributed by atoms with Crippen LogP contribution in [0.25, 0.3) is 0 Å². The Kier molecular flexibility index (Phi) is 3.97. The van der Waals surface area contributed by atoms with Gasteiger partial charge >= 0.3 is 0 Å². The SMILES string of the molecule is COC1CCN(c2ccncc2C)C(CN)C1. The average Bonchev–Trinajstić information content (AvgIpc) is 2.38. The number of methoxy groups -OCH3 is 1. The highest BCUT2D eigenvalue weighted by Crippen LogP contribution is 2.27. The van der Waals surface area contributed by atoms with Gasteiger partial charge in [-0.15, -0.1) is 0 Å². The molecule has 17 heavy (non-hydrogen) atoms. The van der Waals surface area contributed by atoms with Gasteiger partial charge in [0.05, 0.1) is 6.10 Å². The predicted molar refractivity (Wildman–Crippen MR) is 69.2 cm³/mol. The second-order valence-corrected chi connectivity index (χ2v) is 4.63. The van der Waals surface area contributed by atoms with Crippen LogP contribution in [0.15, 0.2) is 18.5 Å². The Bertz CT molecular complexity index is 369. The number of nitrogens with zero attached hydrogens (tertiary/aromatic N) is 2. The van der Waals surface area contributed by atoms with Crippen LogP contribution < -0.4 is 10.6 Å². The molecule has 1 fully saturated rings. The Hall–Kier alpha value is -1.13. The Labute approximate surface area is 103 Å². The Morgan fingerprint density at radius 1 is 1.59 bits per heavy atom. The van der Waals surface area contributed by atoms with Crippen molar-refractivity contribution in [1.82, 2.24) is 4.98 Å². The first kappa shape index (κ1) is 12.3. The summed E-state index contributed by atoms with van der Waals surface area (Å²) in [6.07, 6.45) is 6.18. The Balaban J connectivity index is 2.18. The van der Waals surface area contributed by atoms with E-state index in [1.54, 1.807) is 7.11 Å². The molecule has 1 saturated heterocycles. The molecule has 0 aromatic carbocycles. The van der Waals surface area contributed by atoms with Crippen LogP contribution in [0, 0.1) is 6.92 Å². The second-order valence-electron chi connectivity index (χ2n) is 4.63. The first-order chi connectivity index (χ1) is 8.26. The third kappa shape index (κ3) is 2.58. The van der Waals surface area contributed by atoms with E-state index in [-0.39, 0.29) is 0 Å². The van der Waals surface area contributed by atoms with Crippen LogP contribution >= 0.6 is 0 Å². The van der Waals surface area contributed by atoms with Gasteiger partial charge < -0.3 is 15.4 Å². The number of anilines is 1. The molecule has 4 heteroatoms. The maximum absolute atomic E-state index is 5.89. The second kappa shape index (κ2) is 5.47. The molecule has 1 aromatic rings. The van der Waals surface area contributed by atoms with Crippen molar-refractivity contribution in [3.05, 3.63) is 24.0 Å². The van der Waals surface area contributed by atoms with Crippen LogP contribution in [0.2, 0.25) is 0 Å². The molecule has 2 atom stereocenters. The summed E-state index contributed by atoms with van der Waals surface area (Å²) in [5, 5.41) is 0. The fourth-order valence-electron chi connectivity index (χ4n) is 2.56. The maximum Gasteiger partial charge on any atom is 0.0608 e. The fraction of sp³-hybridized carbons (Fsp3) is 0.615. The minimum Gasteiger partial charge on any atom is -0.381 e. The Morgan fingerprint density at radius 3 is 3.06 bits per heavy atom. The standard InChI is InChI=1S/C13H21N3O/c1-10-9-15-5-3-13(10)16-6-4-12(17-2)7-11(16)8-14/h3,5,9,11-12H,4,6-8,14H2,1-2H3. The third-order valence-corrected chi connectivity index (χ3v) is 3.57. The molecule has 0 aliphatic carbocycles. The molecule has 2 rings (SSSR count). The van der Waals surface area contributed by atoms with E-state index in [1.165, 1.54) is 11.3 Å². The lowest BCUT2D eigenvalue weighted by atomic mass is 9.98. The van der Waals surface area contributed by atoms with Crippen molar-refractivity contribution in [2.24, 2.45) is 5.73 Å². The molecule has 2 unspecified atom stereocenters. The highest BCUT2D eigenvalue weighted by atomic mass is 16.5. The van der Waals surface area contributed by atoms with E-state index in [1.807, 2.05) is 12.4 Å². The summed E-state index contributed by atoms with van der Waals surface area (Å²) in [5.41, 5.74) is 8.35. The van der Waals surface area contributed by atoms with Gasteiger partial charge in [-0.2, -0.15) is 0 Å². The number of aromatic nitrogens is 1. The smallest absolute Gasteiger partial charge is 0.0608 e. The molecule has 0 bridgehead atoms. The number of hydrogen-bond donors (Lipinski definition) is 1. The predicted octanol–water partition coefficient (Wildman–Crippen LogP) is 1.33. The van der Waals surface area contributed by atoms with Crippen molar-refractivity contribution >= 4 is 5.69 Å². The van der Waals surface area contributed by atoms with Crippen molar-refractivity contribution < 1.29 is 4.74 Å². The summed E-state index contributed by atoms with van der Waals surface area (Å²) in [6, 6.07) is 2.44. The van der Waals surface area contributed by atoms with Crippen LogP contribution in [0.3, 0.4) is 0 Å². The summed E-state index contributed by atoms with van der Waals surface area (Å²) in [4.78, 5) is 6.53. The summed E-state index contributed by atoms with van der Waals surface area (Å²) >= 11 is 0. The lowest BCUT2D eigenvalue weighted by Gasteiger charge is -2.40. The summed E-state index contributed by atoms with van der Waals surface area (Å²) in [7, 11) is 1.78. The summed E-state index contributed by atoms with van der Waals surface area (Å²) < 4.78 is 5.44. The zero-order valence-electron chi connectivity index (χ0n) is 10.6. The van der Waals surface area contributed by atoms with Crippen molar-refractivity contribution in [3.63, 3.8) is 0 Å². The average molecular weight is 235 g/mol. The van der Waals surface area contributed by atoms with Gasteiger partial charge in [-0.3, -0.25) is 4.98 Å². The monoisotopic (exact) mass is 235 g/mol. The first-order valence-corrected chi connectivity index (χ1v) is 6.16. The van der Waals surface area contributed by atoms with Crippen molar-refractivity contribution in [2.45, 2.75) is 31.9 Å². The fourth-order valence-corrected chi connectivity index (χ4v) is 2.56. The highest BCUT2D eigenvalue weighted by molar-refractivity contribution is 5.53. The molecule has 0 radical (unpaired) electrons. The number of hydrogen-bond acceptors (Lipinski definition) is 4. The highest BCUT2D eigenvalue weighted by Gasteiger charge is 2.28. The quantitative estimate of drug-likeness (QED) is 0.859. The van der Waals surface area contributed by atoms with Crippen LogP contribution in [0.1, 0.15) is 18.4 Å². The molecular weight excluding hydrogens is 214 g/mol. The molecule has 1 aliphatic rings. The lowest BCUT2D eigenvalue weighted by molar-refractivity contribution is 0.0709. The zero-order chi connectivity index (χ0) is 12.3. The van der Waals surface area contributed by atoms with Gasteiger partial charge in [-0.05, 0) is 31.4 Å². The van der Waals surface area contributed by atoms with Gasteiger partial charge in [0.25, 0.3) is 0 Å². The van der Waals surface area contributed by atoms with Gasteiger partial charge in [-0.1, -0.05) is 0 Å². The van der Waals surface area contributed by atoms with Gasteiger partial charge in [0.1, 0.15) is 0 Å². The third-order valence-electron chi connectivity index (χ3n) is 3.57. The van der Waals surface area contributed by atoms with Crippen LogP contribution in [-0.4, -0.2) is 37.3 Å². The van der Waals surface area contributed by atoms with E-state index >= 15 is 0 Å². The molecule has 94 valence electrons. The number of aryl methyl sites for hydroxylation is 1. The van der Waals surface area contributed by atoms with E-state index in [0.717, 1.165) is 19.4 Å². The Morgan fingerprint density at radius 2 is 2.41 bits per heavy atom. The van der Waals surface area contributed by atoms with Crippen LogP contribution in [0.5, 0.6) is 0 Å². The van der Waals surface area contributed by atoms with Gasteiger partial charge in [0, 0.05) is 44.3 Å². The van der Waals surface area contributed by atoms with E-state index < -0.39 is 0 Å². The zero-order valence-corrected chi connectivity index (χ0v) is 10.6. The molecular formula is C13H21N3O. The van der Waals surface area contributed by atoms with Crippen LogP contribution in [-0.2, 0) is 4.74 Å². The largest absolute Gasteiger partial charge is 0.381 e. The molecule has 0 spiro atoms. The number of nitrogens with two attached hydrogens (primary N) is 1. The summed E-state index contributed by atoms with van der Waals surface area (Å²) in [5.74, 6) is 0. The number of rotatable bonds is 3. The number of ether oxygens (including phenoxy) is 1. The van der Waals surface area contributed by atoms with Crippen molar-refractivity contribution in [2.75, 3.05) is 25.1 Å². The minimum absolute atomic E-state index is 0.349. The van der Waals surface area contributed by atoms with Gasteiger partial charge in [0.2, 0.25) is 0 Å². The minimum atomic E-state index is 0.349. The maximum atomic E-state index is 5.89. The first-order valence-electron chi connectivity index (χ1n) is 6.16. The molecule has 1 aromatic heterocycles. The summed E-state index contributed by atoms with van der Waals surface area (Å²) in [6.45, 7) is 3.77. The number of piperidine rings is 1. The van der Waals surface area contributed by atoms with E-state index in [2.05, 4.69) is 22.9 Å². The molecule has 0 amide bonds. The molecule has 4 nitrogen and oxygen atoms in total. The van der Waals surface area contributed by atoms with Crippen molar-refractivity contribution in [3.8, 4) is 0 Å². The van der Waals surface area contributed by atoms with E-state index in [4.69, 9.17) is 10.5 Å². The van der Waals surface area contributed by atoms with E-state index in [9.17, 15) is 0 Å². The van der Waals surface area contributed by atoms with Crippen LogP contribution in [0.4, 0.5) is 5.69 Å². The lowest BCUT2D eigenvalue weighted by Crippen LogP contribution is -2.49. The molecule has 2 N–H and O–H groups in total. The van der Waals surface area contributed by atoms with Crippen molar-refractivity contribution in [1.29, 1.82) is 0 Å². The number of pyridine rings is 1. The van der Waals surface area contributed by atoms with E-state index in [0.29, 0.717) is 18.7 Å². The van der Waals surface area contributed by atoms with Gasteiger partial charge in [-0.25, -0.2) is 0 Å². The molecule has 0 saturated carbocycles. The van der Waals surface area contributed by atoms with Gasteiger partial charge in [0.15, 0.2) is 0 Å². The molecule has 2 heterocycles. The molecule has 1 aliphatic heterocycles.